The number of furan rings is 1. The number of nitrogens with one attached hydrogen (secondary N) is 3. The van der Waals surface area contributed by atoms with Crippen LogP contribution in [0.5, 0.6) is 5.75 Å². The molecule has 4 N–H and O–H groups in total. The van der Waals surface area contributed by atoms with Crippen LogP contribution in [0.4, 0.5) is 5.69 Å². The Morgan fingerprint density at radius 1 is 1.16 bits per heavy atom. The number of aromatic hydroxyl groups is 1. The molecule has 0 saturated carbocycles. The van der Waals surface area contributed by atoms with Crippen molar-refractivity contribution in [1.29, 1.82) is 0 Å². The van der Waals surface area contributed by atoms with Crippen molar-refractivity contribution in [3.8, 4) is 5.75 Å². The number of rotatable bonds is 7. The molecule has 1 aromatic carbocycles. The highest BCUT2D eigenvalue weighted by molar-refractivity contribution is 6.20. The number of aryl methyl sites for hydroxylation is 1. The molecular weight excluding hydrogens is 400 g/mol. The lowest BCUT2D eigenvalue weighted by atomic mass is 10.1. The Morgan fingerprint density at radius 2 is 1.84 bits per heavy atom. The van der Waals surface area contributed by atoms with Gasteiger partial charge < -0.3 is 25.1 Å². The van der Waals surface area contributed by atoms with Gasteiger partial charge in [0.05, 0.1) is 11.3 Å². The zero-order valence-corrected chi connectivity index (χ0v) is 17.7. The summed E-state index contributed by atoms with van der Waals surface area (Å²) >= 11 is 0. The van der Waals surface area contributed by atoms with E-state index >= 15 is 0 Å². The Labute approximate surface area is 179 Å². The number of imide groups is 1. The van der Waals surface area contributed by atoms with Crippen LogP contribution >= 0.6 is 0 Å². The first-order valence-corrected chi connectivity index (χ1v) is 9.49. The Kier molecular flexibility index (Phi) is 5.87. The van der Waals surface area contributed by atoms with Gasteiger partial charge in [0.15, 0.2) is 5.75 Å². The number of phenolic OH excluding ortho intramolecular Hbond substituents is 1. The Morgan fingerprint density at radius 3 is 2.42 bits per heavy atom. The van der Waals surface area contributed by atoms with Crippen LogP contribution in [0.1, 0.15) is 34.8 Å². The van der Waals surface area contributed by atoms with E-state index in [0.717, 1.165) is 0 Å². The summed E-state index contributed by atoms with van der Waals surface area (Å²) in [4.78, 5) is 38.5. The molecule has 3 amide bonds. The second kappa shape index (κ2) is 8.39. The van der Waals surface area contributed by atoms with Crippen LogP contribution in [0.25, 0.3) is 0 Å². The molecule has 2 heterocycles. The van der Waals surface area contributed by atoms with Crippen LogP contribution in [0.2, 0.25) is 0 Å². The highest BCUT2D eigenvalue weighted by Gasteiger charge is 2.34. The normalized spacial score (nSPS) is 14.3. The molecule has 1 aliphatic heterocycles. The largest absolute Gasteiger partial charge is 0.505 e. The first-order chi connectivity index (χ1) is 14.6. The van der Waals surface area contributed by atoms with Crippen molar-refractivity contribution in [3.63, 3.8) is 0 Å². The number of carbonyl (C=O) groups is 3. The highest BCUT2D eigenvalue weighted by atomic mass is 16.3. The van der Waals surface area contributed by atoms with Crippen LogP contribution in [-0.4, -0.2) is 41.8 Å². The molecule has 2 aromatic rings. The van der Waals surface area contributed by atoms with Crippen molar-refractivity contribution >= 4 is 23.4 Å². The zero-order valence-electron chi connectivity index (χ0n) is 17.7. The van der Waals surface area contributed by atoms with Crippen molar-refractivity contribution in [2.24, 2.45) is 0 Å². The van der Waals surface area contributed by atoms with E-state index in [1.807, 2.05) is 0 Å². The fourth-order valence-corrected chi connectivity index (χ4v) is 3.09. The van der Waals surface area contributed by atoms with E-state index in [4.69, 9.17) is 4.42 Å². The molecule has 0 aliphatic carbocycles. The molecule has 0 spiro atoms. The molecule has 3 rings (SSSR count). The number of nitrogens with zero attached hydrogens (tertiary/aromatic N) is 1. The molecule has 0 radical (unpaired) electrons. The average molecular weight is 424 g/mol. The van der Waals surface area contributed by atoms with E-state index < -0.39 is 23.8 Å². The number of hydrogen-bond acceptors (Lipinski definition) is 7. The Bertz CT molecular complexity index is 1110. The molecule has 31 heavy (non-hydrogen) atoms. The van der Waals surface area contributed by atoms with Gasteiger partial charge in [-0.1, -0.05) is 18.2 Å². The number of anilines is 1. The van der Waals surface area contributed by atoms with Crippen LogP contribution in [0.15, 0.2) is 58.3 Å². The summed E-state index contributed by atoms with van der Waals surface area (Å²) in [6.45, 7) is 7.49. The second-order valence-electron chi connectivity index (χ2n) is 7.43. The first kappa shape index (κ1) is 21.7. The molecule has 1 aromatic heterocycles. The first-order valence-electron chi connectivity index (χ1n) is 9.49. The van der Waals surface area contributed by atoms with Crippen LogP contribution in [0, 0.1) is 6.92 Å². The Balaban J connectivity index is 1.99. The maximum atomic E-state index is 12.5. The summed E-state index contributed by atoms with van der Waals surface area (Å²) in [6, 6.07) is 7.50. The quantitative estimate of drug-likeness (QED) is 0.305. The molecular formula is C22H24N4O5. The number of para-hydroxylation sites is 1. The van der Waals surface area contributed by atoms with E-state index in [1.165, 1.54) is 17.0 Å². The third-order valence-electron chi connectivity index (χ3n) is 4.69. The fraction of sp³-hybridized carbons (Fsp3) is 0.227. The van der Waals surface area contributed by atoms with Gasteiger partial charge >= 0.3 is 0 Å². The smallest absolute Gasteiger partial charge is 0.276 e. The summed E-state index contributed by atoms with van der Waals surface area (Å²) in [5.41, 5.74) is 0.697. The van der Waals surface area contributed by atoms with Gasteiger partial charge in [-0.05, 0) is 38.1 Å². The van der Waals surface area contributed by atoms with Crippen molar-refractivity contribution in [2.45, 2.75) is 19.9 Å². The molecule has 0 unspecified atom stereocenters. The molecule has 9 nitrogen and oxygen atoms in total. The van der Waals surface area contributed by atoms with Crippen molar-refractivity contribution in [2.75, 3.05) is 19.4 Å². The van der Waals surface area contributed by atoms with Gasteiger partial charge in [-0.2, -0.15) is 0 Å². The van der Waals surface area contributed by atoms with Crippen molar-refractivity contribution in [1.82, 2.24) is 15.5 Å². The van der Waals surface area contributed by atoms with Gasteiger partial charge in [-0.25, -0.2) is 0 Å². The predicted molar refractivity (Wildman–Crippen MR) is 114 cm³/mol. The van der Waals surface area contributed by atoms with Crippen LogP contribution < -0.4 is 16.0 Å². The summed E-state index contributed by atoms with van der Waals surface area (Å²) in [5, 5.41) is 18.6. The molecule has 0 saturated heterocycles. The lowest BCUT2D eigenvalue weighted by Gasteiger charge is -2.19. The molecule has 0 fully saturated rings. The SMILES string of the molecule is C=C(C)[C@@H](NC1=C(Nc2cccc(C(=O)N(C)C)c2O)C(=O)NC1=O)c1ccc(C)o1. The average Bonchev–Trinajstić information content (AvgIpc) is 3.23. The highest BCUT2D eigenvalue weighted by Crippen LogP contribution is 2.31. The predicted octanol–water partition coefficient (Wildman–Crippen LogP) is 2.18. The number of amides is 3. The minimum absolute atomic E-state index is 0.0317. The Hall–Kier alpha value is -4.01. The molecule has 162 valence electrons. The van der Waals surface area contributed by atoms with Crippen molar-refractivity contribution < 1.29 is 23.9 Å². The van der Waals surface area contributed by atoms with E-state index in [1.54, 1.807) is 46.1 Å². The zero-order chi connectivity index (χ0) is 22.9. The minimum atomic E-state index is -0.674. The summed E-state index contributed by atoms with van der Waals surface area (Å²) in [7, 11) is 3.12. The topological polar surface area (TPSA) is 124 Å². The third kappa shape index (κ3) is 4.30. The minimum Gasteiger partial charge on any atom is -0.505 e. The van der Waals surface area contributed by atoms with Gasteiger partial charge in [0, 0.05) is 14.1 Å². The summed E-state index contributed by atoms with van der Waals surface area (Å²) in [5.74, 6) is -0.830. The van der Waals surface area contributed by atoms with E-state index in [-0.39, 0.29) is 28.4 Å². The molecule has 1 atom stereocenters. The number of phenols is 1. The number of carbonyl (C=O) groups excluding carboxylic acids is 3. The van der Waals surface area contributed by atoms with Gasteiger partial charge in [-0.15, -0.1) is 0 Å². The fourth-order valence-electron chi connectivity index (χ4n) is 3.09. The second-order valence-corrected chi connectivity index (χ2v) is 7.43. The van der Waals surface area contributed by atoms with Gasteiger partial charge in [0.1, 0.15) is 29.0 Å². The van der Waals surface area contributed by atoms with E-state index in [0.29, 0.717) is 17.1 Å². The van der Waals surface area contributed by atoms with E-state index in [9.17, 15) is 19.5 Å². The maximum absolute atomic E-state index is 12.5. The lowest BCUT2D eigenvalue weighted by molar-refractivity contribution is -0.124. The number of hydrogen-bond donors (Lipinski definition) is 4. The summed E-state index contributed by atoms with van der Waals surface area (Å²) in [6.07, 6.45) is 0. The van der Waals surface area contributed by atoms with Gasteiger partial charge in [0.25, 0.3) is 17.7 Å². The molecule has 1 aliphatic rings. The van der Waals surface area contributed by atoms with Gasteiger partial charge in [0.2, 0.25) is 0 Å². The monoisotopic (exact) mass is 424 g/mol. The summed E-state index contributed by atoms with van der Waals surface area (Å²) < 4.78 is 5.65. The number of benzene rings is 1. The molecule has 9 heteroatoms. The maximum Gasteiger partial charge on any atom is 0.276 e. The lowest BCUT2D eigenvalue weighted by Crippen LogP contribution is -2.29. The van der Waals surface area contributed by atoms with Crippen LogP contribution in [-0.2, 0) is 9.59 Å². The third-order valence-corrected chi connectivity index (χ3v) is 4.69. The van der Waals surface area contributed by atoms with E-state index in [2.05, 4.69) is 22.5 Å². The van der Waals surface area contributed by atoms with Crippen LogP contribution in [0.3, 0.4) is 0 Å². The standard InChI is InChI=1S/C22H24N4O5/c1-11(2)16(15-10-9-12(3)31-15)24-18-17(20(28)25-21(18)29)23-14-8-6-7-13(19(14)27)22(30)26(4)5/h6-10,16,27H,1H2,2-5H3,(H3,23,24,25,28,29)/t16-/m1/s1. The van der Waals surface area contributed by atoms with Crippen molar-refractivity contribution in [3.05, 3.63) is 71.0 Å². The van der Waals surface area contributed by atoms with Gasteiger partial charge in [-0.3, -0.25) is 19.7 Å². The molecule has 0 bridgehead atoms.